The van der Waals surface area contributed by atoms with Crippen molar-refractivity contribution in [2.45, 2.75) is 18.1 Å². The van der Waals surface area contributed by atoms with E-state index in [0.717, 1.165) is 25.2 Å². The van der Waals surface area contributed by atoms with Crippen molar-refractivity contribution >= 4 is 29.3 Å². The van der Waals surface area contributed by atoms with Crippen LogP contribution in [0.4, 0.5) is 0 Å². The van der Waals surface area contributed by atoms with E-state index < -0.39 is 0 Å². The molecule has 3 rings (SSSR count). The van der Waals surface area contributed by atoms with Gasteiger partial charge in [0.1, 0.15) is 0 Å². The maximum atomic E-state index is 11.7. The van der Waals surface area contributed by atoms with Gasteiger partial charge in [-0.25, -0.2) is 0 Å². The van der Waals surface area contributed by atoms with Crippen LogP contribution >= 0.6 is 12.6 Å². The van der Waals surface area contributed by atoms with Gasteiger partial charge in [0, 0.05) is 48.5 Å². The lowest BCUT2D eigenvalue weighted by Gasteiger charge is -2.16. The summed E-state index contributed by atoms with van der Waals surface area (Å²) >= 11 is 4.37. The van der Waals surface area contributed by atoms with Crippen molar-refractivity contribution in [1.29, 1.82) is 0 Å². The SMILES string of the molecule is O=C1CC(S)CN1CCc1nccc2ccccc12. The Balaban J connectivity index is 1.77. The topological polar surface area (TPSA) is 33.2 Å². The predicted molar refractivity (Wildman–Crippen MR) is 79.4 cm³/mol. The molecule has 0 aliphatic carbocycles. The first-order valence-electron chi connectivity index (χ1n) is 6.52. The molecule has 1 aromatic heterocycles. The summed E-state index contributed by atoms with van der Waals surface area (Å²) in [6.45, 7) is 1.49. The fraction of sp³-hybridized carbons (Fsp3) is 0.333. The number of carbonyl (C=O) groups is 1. The summed E-state index contributed by atoms with van der Waals surface area (Å²) in [7, 11) is 0. The molecule has 3 nitrogen and oxygen atoms in total. The zero-order valence-electron chi connectivity index (χ0n) is 10.6. The third-order valence-electron chi connectivity index (χ3n) is 3.57. The molecule has 0 saturated carbocycles. The summed E-state index contributed by atoms with van der Waals surface area (Å²) in [6.07, 6.45) is 3.20. The molecule has 0 radical (unpaired) electrons. The van der Waals surface area contributed by atoms with Crippen LogP contribution in [0, 0.1) is 0 Å². The van der Waals surface area contributed by atoms with Gasteiger partial charge in [-0.05, 0) is 11.5 Å². The first-order valence-corrected chi connectivity index (χ1v) is 7.04. The second-order valence-electron chi connectivity index (χ2n) is 4.93. The van der Waals surface area contributed by atoms with E-state index >= 15 is 0 Å². The van der Waals surface area contributed by atoms with E-state index in [9.17, 15) is 4.79 Å². The van der Waals surface area contributed by atoms with Gasteiger partial charge in [0.05, 0.1) is 0 Å². The Labute approximate surface area is 118 Å². The molecule has 1 saturated heterocycles. The zero-order valence-corrected chi connectivity index (χ0v) is 11.5. The van der Waals surface area contributed by atoms with Crippen molar-refractivity contribution in [2.75, 3.05) is 13.1 Å². The number of nitrogens with zero attached hydrogens (tertiary/aromatic N) is 2. The van der Waals surface area contributed by atoms with E-state index in [4.69, 9.17) is 0 Å². The van der Waals surface area contributed by atoms with E-state index in [2.05, 4.69) is 29.7 Å². The number of hydrogen-bond donors (Lipinski definition) is 1. The monoisotopic (exact) mass is 272 g/mol. The highest BCUT2D eigenvalue weighted by atomic mass is 32.1. The highest BCUT2D eigenvalue weighted by Gasteiger charge is 2.26. The highest BCUT2D eigenvalue weighted by molar-refractivity contribution is 7.81. The molecule has 4 heteroatoms. The smallest absolute Gasteiger partial charge is 0.223 e. The maximum absolute atomic E-state index is 11.7. The number of rotatable bonds is 3. The minimum atomic E-state index is 0.188. The molecule has 0 N–H and O–H groups in total. The van der Waals surface area contributed by atoms with Crippen LogP contribution in [-0.2, 0) is 11.2 Å². The Hall–Kier alpha value is -1.55. The normalized spacial score (nSPS) is 19.3. The van der Waals surface area contributed by atoms with Crippen molar-refractivity contribution in [1.82, 2.24) is 9.88 Å². The molecule has 1 aromatic carbocycles. The summed E-state index contributed by atoms with van der Waals surface area (Å²) in [5, 5.41) is 2.57. The van der Waals surface area contributed by atoms with E-state index in [1.54, 1.807) is 0 Å². The summed E-state index contributed by atoms with van der Waals surface area (Å²) in [4.78, 5) is 18.1. The first-order chi connectivity index (χ1) is 9.24. The number of hydrogen-bond acceptors (Lipinski definition) is 3. The molecule has 98 valence electrons. The molecule has 0 spiro atoms. The van der Waals surface area contributed by atoms with Crippen molar-refractivity contribution < 1.29 is 4.79 Å². The van der Waals surface area contributed by atoms with Gasteiger partial charge in [-0.1, -0.05) is 24.3 Å². The predicted octanol–water partition coefficient (Wildman–Crippen LogP) is 2.31. The molecule has 19 heavy (non-hydrogen) atoms. The van der Waals surface area contributed by atoms with E-state index in [1.807, 2.05) is 29.3 Å². The van der Waals surface area contributed by atoms with Gasteiger partial charge in [-0.2, -0.15) is 12.6 Å². The van der Waals surface area contributed by atoms with Crippen LogP contribution in [0.3, 0.4) is 0 Å². The van der Waals surface area contributed by atoms with Gasteiger partial charge in [-0.3, -0.25) is 9.78 Å². The largest absolute Gasteiger partial charge is 0.341 e. The third kappa shape index (κ3) is 2.59. The van der Waals surface area contributed by atoms with Crippen LogP contribution < -0.4 is 0 Å². The lowest BCUT2D eigenvalue weighted by Crippen LogP contribution is -2.27. The number of fused-ring (bicyclic) bond motifs is 1. The molecule has 1 amide bonds. The van der Waals surface area contributed by atoms with Crippen molar-refractivity contribution in [3.8, 4) is 0 Å². The summed E-state index contributed by atoms with van der Waals surface area (Å²) in [6, 6.07) is 10.2. The minimum Gasteiger partial charge on any atom is -0.341 e. The van der Waals surface area contributed by atoms with Crippen LogP contribution in [-0.4, -0.2) is 34.1 Å². The van der Waals surface area contributed by atoms with Gasteiger partial charge in [0.2, 0.25) is 5.91 Å². The van der Waals surface area contributed by atoms with E-state index in [0.29, 0.717) is 6.42 Å². The highest BCUT2D eigenvalue weighted by Crippen LogP contribution is 2.19. The first kappa shape index (κ1) is 12.5. The Morgan fingerprint density at radius 3 is 2.95 bits per heavy atom. The van der Waals surface area contributed by atoms with Gasteiger partial charge in [-0.15, -0.1) is 0 Å². The third-order valence-corrected chi connectivity index (χ3v) is 3.91. The molecule has 1 aliphatic heterocycles. The Kier molecular flexibility index (Phi) is 3.42. The number of carbonyl (C=O) groups excluding carboxylic acids is 1. The minimum absolute atomic E-state index is 0.188. The van der Waals surface area contributed by atoms with E-state index in [1.165, 1.54) is 10.8 Å². The van der Waals surface area contributed by atoms with Crippen LogP contribution in [0.15, 0.2) is 36.5 Å². The van der Waals surface area contributed by atoms with Gasteiger partial charge < -0.3 is 4.90 Å². The molecule has 0 bridgehead atoms. The fourth-order valence-electron chi connectivity index (χ4n) is 2.59. The number of aromatic nitrogens is 1. The van der Waals surface area contributed by atoms with Crippen molar-refractivity contribution in [2.24, 2.45) is 0 Å². The molecule has 1 fully saturated rings. The second kappa shape index (κ2) is 5.21. The standard InChI is InChI=1S/C15H16N2OS/c18-15-9-12(19)10-17(15)8-6-14-13-4-2-1-3-11(13)5-7-16-14/h1-5,7,12,19H,6,8-10H2. The Bertz CT molecular complexity index is 609. The number of thiol groups is 1. The molecular formula is C15H16N2OS. The zero-order chi connectivity index (χ0) is 13.2. The maximum Gasteiger partial charge on any atom is 0.223 e. The van der Waals surface area contributed by atoms with Crippen LogP contribution in [0.25, 0.3) is 10.8 Å². The fourth-order valence-corrected chi connectivity index (χ4v) is 2.94. The van der Waals surface area contributed by atoms with Crippen molar-refractivity contribution in [3.05, 3.63) is 42.2 Å². The molecule has 1 unspecified atom stereocenters. The number of benzene rings is 1. The van der Waals surface area contributed by atoms with E-state index in [-0.39, 0.29) is 11.2 Å². The van der Waals surface area contributed by atoms with Crippen LogP contribution in [0.1, 0.15) is 12.1 Å². The molecule has 1 atom stereocenters. The number of amides is 1. The molecule has 2 heterocycles. The van der Waals surface area contributed by atoms with Gasteiger partial charge in [0.15, 0.2) is 0 Å². The quantitative estimate of drug-likeness (QED) is 0.870. The molecule has 1 aliphatic rings. The number of likely N-dealkylation sites (tertiary alicyclic amines) is 1. The van der Waals surface area contributed by atoms with Crippen LogP contribution in [0.2, 0.25) is 0 Å². The summed E-state index contributed by atoms with van der Waals surface area (Å²) in [5.41, 5.74) is 1.06. The van der Waals surface area contributed by atoms with Gasteiger partial charge >= 0.3 is 0 Å². The average Bonchev–Trinajstić information content (AvgIpc) is 2.74. The van der Waals surface area contributed by atoms with Gasteiger partial charge in [0.25, 0.3) is 0 Å². The van der Waals surface area contributed by atoms with Crippen molar-refractivity contribution in [3.63, 3.8) is 0 Å². The van der Waals surface area contributed by atoms with Crippen LogP contribution in [0.5, 0.6) is 0 Å². The Morgan fingerprint density at radius 1 is 1.32 bits per heavy atom. The molecular weight excluding hydrogens is 256 g/mol. The average molecular weight is 272 g/mol. The Morgan fingerprint density at radius 2 is 2.16 bits per heavy atom. The second-order valence-corrected chi connectivity index (χ2v) is 5.66. The summed E-state index contributed by atoms with van der Waals surface area (Å²) < 4.78 is 0. The lowest BCUT2D eigenvalue weighted by atomic mass is 10.1. The lowest BCUT2D eigenvalue weighted by molar-refractivity contribution is -0.127. The number of pyridine rings is 1. The molecule has 2 aromatic rings. The summed E-state index contributed by atoms with van der Waals surface area (Å²) in [5.74, 6) is 0.209.